The molecule has 8 nitrogen and oxygen atoms in total. The van der Waals surface area contributed by atoms with E-state index in [1.54, 1.807) is 79.7 Å². The molecule has 4 rings (SSSR count). The molecule has 1 atom stereocenters. The molecule has 4 aromatic carbocycles. The predicted octanol–water partition coefficient (Wildman–Crippen LogP) is 7.90. The number of methoxy groups -OCH3 is 2. The molecule has 0 aliphatic carbocycles. The van der Waals surface area contributed by atoms with E-state index in [0.29, 0.717) is 33.2 Å². The third-order valence-electron chi connectivity index (χ3n) is 6.60. The minimum absolute atomic E-state index is 0.0745. The van der Waals surface area contributed by atoms with Crippen LogP contribution in [0.3, 0.4) is 0 Å². The van der Waals surface area contributed by atoms with E-state index in [1.165, 1.54) is 26.4 Å². The summed E-state index contributed by atoms with van der Waals surface area (Å²) in [6, 6.07) is 23.0. The summed E-state index contributed by atoms with van der Waals surface area (Å²) in [5.74, 6) is -0.826. The predicted molar refractivity (Wildman–Crippen MR) is 177 cm³/mol. The van der Waals surface area contributed by atoms with Gasteiger partial charge in [-0.1, -0.05) is 29.8 Å². The first-order chi connectivity index (χ1) is 22.4. The van der Waals surface area contributed by atoms with Crippen LogP contribution in [0, 0.1) is 0 Å². The number of alkyl halides is 3. The Labute approximate surface area is 278 Å². The lowest BCUT2D eigenvalue weighted by molar-refractivity contribution is -0.137. The van der Waals surface area contributed by atoms with Crippen molar-refractivity contribution in [1.82, 2.24) is 5.32 Å². The second-order valence-corrected chi connectivity index (χ2v) is 11.8. The summed E-state index contributed by atoms with van der Waals surface area (Å²) >= 11 is 6.83. The van der Waals surface area contributed by atoms with Crippen molar-refractivity contribution in [3.8, 4) is 11.5 Å². The van der Waals surface area contributed by atoms with Gasteiger partial charge in [-0.05, 0) is 85.8 Å². The highest BCUT2D eigenvalue weighted by Crippen LogP contribution is 2.37. The van der Waals surface area contributed by atoms with Crippen molar-refractivity contribution in [2.45, 2.75) is 23.2 Å². The summed E-state index contributed by atoms with van der Waals surface area (Å²) in [5, 5.41) is 6.86. The zero-order chi connectivity index (χ0) is 34.1. The van der Waals surface area contributed by atoms with E-state index in [1.807, 2.05) is 0 Å². The number of nitrogens with one attached hydrogen (secondary N) is 3. The Kier molecular flexibility index (Phi) is 11.6. The van der Waals surface area contributed by atoms with Crippen LogP contribution in [0.2, 0.25) is 5.02 Å². The van der Waals surface area contributed by atoms with Crippen LogP contribution in [0.1, 0.15) is 28.4 Å². The van der Waals surface area contributed by atoms with E-state index in [0.717, 1.165) is 23.9 Å². The van der Waals surface area contributed by atoms with Crippen LogP contribution in [-0.2, 0) is 15.8 Å². The standard InChI is InChI=1S/C34H29ClF3N3O5S/c1-20(31(42)40-28-15-9-23(35)19-27(28)34(36,37)38)47-26-13-10-24(11-14-26)39-33(44)29(41-32(43)21-7-5-4-6-8-21)18-22-17-25(45-2)12-16-30(22)46-3/h4-20H,1-3H3,(H,39,44)(H,40,42)(H,41,43)/b29-18-. The number of thioether (sulfide) groups is 1. The zero-order valence-corrected chi connectivity index (χ0v) is 26.8. The smallest absolute Gasteiger partial charge is 0.418 e. The molecule has 0 aliphatic heterocycles. The largest absolute Gasteiger partial charge is 0.497 e. The third kappa shape index (κ3) is 9.53. The highest BCUT2D eigenvalue weighted by Gasteiger charge is 2.34. The van der Waals surface area contributed by atoms with Gasteiger partial charge in [0.25, 0.3) is 11.8 Å². The Hall–Kier alpha value is -4.94. The van der Waals surface area contributed by atoms with E-state index in [4.69, 9.17) is 21.1 Å². The van der Waals surface area contributed by atoms with E-state index in [-0.39, 0.29) is 10.7 Å². The van der Waals surface area contributed by atoms with Crippen LogP contribution < -0.4 is 25.4 Å². The lowest BCUT2D eigenvalue weighted by atomic mass is 10.1. The van der Waals surface area contributed by atoms with Gasteiger partial charge in [-0.25, -0.2) is 0 Å². The van der Waals surface area contributed by atoms with Gasteiger partial charge in [-0.3, -0.25) is 14.4 Å². The molecule has 0 bridgehead atoms. The topological polar surface area (TPSA) is 106 Å². The minimum Gasteiger partial charge on any atom is -0.497 e. The Bertz CT molecular complexity index is 1780. The van der Waals surface area contributed by atoms with Gasteiger partial charge in [0.1, 0.15) is 17.2 Å². The normalized spacial score (nSPS) is 12.1. The molecule has 3 amide bonds. The number of halogens is 4. The molecule has 0 fully saturated rings. The lowest BCUT2D eigenvalue weighted by Gasteiger charge is -2.17. The number of anilines is 2. The highest BCUT2D eigenvalue weighted by molar-refractivity contribution is 8.00. The van der Waals surface area contributed by atoms with Crippen molar-refractivity contribution < 1.29 is 37.0 Å². The first-order valence-electron chi connectivity index (χ1n) is 13.9. The van der Waals surface area contributed by atoms with Crippen molar-refractivity contribution in [2.75, 3.05) is 24.9 Å². The molecule has 0 saturated heterocycles. The molecular formula is C34H29ClF3N3O5S. The quantitative estimate of drug-likeness (QED) is 0.110. The molecule has 13 heteroatoms. The fourth-order valence-corrected chi connectivity index (χ4v) is 5.26. The van der Waals surface area contributed by atoms with E-state index in [2.05, 4.69) is 16.0 Å². The number of amides is 3. The number of ether oxygens (including phenoxy) is 2. The number of benzene rings is 4. The van der Waals surface area contributed by atoms with E-state index in [9.17, 15) is 27.6 Å². The molecular weight excluding hydrogens is 655 g/mol. The maximum Gasteiger partial charge on any atom is 0.418 e. The number of carbonyl (C=O) groups is 3. The van der Waals surface area contributed by atoms with Gasteiger partial charge in [0, 0.05) is 26.7 Å². The number of hydrogen-bond donors (Lipinski definition) is 3. The fourth-order valence-electron chi connectivity index (χ4n) is 4.22. The van der Waals surface area contributed by atoms with Crippen LogP contribution in [0.25, 0.3) is 6.08 Å². The number of hydrogen-bond acceptors (Lipinski definition) is 6. The molecule has 1 unspecified atom stereocenters. The van der Waals surface area contributed by atoms with E-state index < -0.39 is 40.4 Å². The lowest BCUT2D eigenvalue weighted by Crippen LogP contribution is -2.30. The van der Waals surface area contributed by atoms with Crippen LogP contribution in [0.4, 0.5) is 24.5 Å². The van der Waals surface area contributed by atoms with Gasteiger partial charge < -0.3 is 25.4 Å². The monoisotopic (exact) mass is 683 g/mol. The molecule has 244 valence electrons. The van der Waals surface area contributed by atoms with Crippen LogP contribution in [0.15, 0.2) is 102 Å². The molecule has 3 N–H and O–H groups in total. The molecule has 47 heavy (non-hydrogen) atoms. The van der Waals surface area contributed by atoms with Gasteiger partial charge in [0.15, 0.2) is 0 Å². The first kappa shape index (κ1) is 34.9. The second kappa shape index (κ2) is 15.6. The average Bonchev–Trinajstić information content (AvgIpc) is 3.05. The maximum absolute atomic E-state index is 13.5. The molecule has 0 aromatic heterocycles. The Morgan fingerprint density at radius 2 is 1.57 bits per heavy atom. The Morgan fingerprint density at radius 1 is 0.872 bits per heavy atom. The molecule has 0 saturated carbocycles. The molecule has 0 aliphatic rings. The maximum atomic E-state index is 13.5. The summed E-state index contributed by atoms with van der Waals surface area (Å²) in [7, 11) is 2.97. The van der Waals surface area contributed by atoms with Crippen molar-refractivity contribution in [2.24, 2.45) is 0 Å². The molecule has 4 aromatic rings. The number of carbonyl (C=O) groups excluding carboxylic acids is 3. The minimum atomic E-state index is -4.70. The average molecular weight is 684 g/mol. The van der Waals surface area contributed by atoms with Crippen molar-refractivity contribution >= 4 is 58.5 Å². The van der Waals surface area contributed by atoms with Crippen molar-refractivity contribution in [3.05, 3.63) is 118 Å². The van der Waals surface area contributed by atoms with E-state index >= 15 is 0 Å². The zero-order valence-electron chi connectivity index (χ0n) is 25.3. The molecule has 0 radical (unpaired) electrons. The van der Waals surface area contributed by atoms with Gasteiger partial charge in [0.2, 0.25) is 5.91 Å². The number of rotatable bonds is 11. The Balaban J connectivity index is 1.49. The van der Waals surface area contributed by atoms with Crippen LogP contribution >= 0.6 is 23.4 Å². The summed E-state index contributed by atoms with van der Waals surface area (Å²) in [6.45, 7) is 1.55. The summed E-state index contributed by atoms with van der Waals surface area (Å²) in [5.41, 5.74) is -0.320. The van der Waals surface area contributed by atoms with Crippen molar-refractivity contribution in [1.29, 1.82) is 0 Å². The Morgan fingerprint density at radius 3 is 2.21 bits per heavy atom. The van der Waals surface area contributed by atoms with Crippen LogP contribution in [0.5, 0.6) is 11.5 Å². The second-order valence-electron chi connectivity index (χ2n) is 9.90. The molecule has 0 heterocycles. The third-order valence-corrected chi connectivity index (χ3v) is 7.95. The summed E-state index contributed by atoms with van der Waals surface area (Å²) in [4.78, 5) is 39.8. The fraction of sp³-hybridized carbons (Fsp3) is 0.147. The summed E-state index contributed by atoms with van der Waals surface area (Å²) in [6.07, 6.45) is -3.24. The SMILES string of the molecule is COc1ccc(OC)c(/C=C(\NC(=O)c2ccccc2)C(=O)Nc2ccc(SC(C)C(=O)Nc3ccc(Cl)cc3C(F)(F)F)cc2)c1. The van der Waals surface area contributed by atoms with Gasteiger partial charge in [0.05, 0.1) is 30.7 Å². The highest BCUT2D eigenvalue weighted by atomic mass is 35.5. The first-order valence-corrected chi connectivity index (χ1v) is 15.2. The van der Waals surface area contributed by atoms with Crippen LogP contribution in [-0.4, -0.2) is 37.2 Å². The van der Waals surface area contributed by atoms with Crippen molar-refractivity contribution in [3.63, 3.8) is 0 Å². The van der Waals surface area contributed by atoms with Gasteiger partial charge in [-0.15, -0.1) is 11.8 Å². The molecule has 0 spiro atoms. The van der Waals surface area contributed by atoms with Gasteiger partial charge in [-0.2, -0.15) is 13.2 Å². The summed E-state index contributed by atoms with van der Waals surface area (Å²) < 4.78 is 51.0. The van der Waals surface area contributed by atoms with Gasteiger partial charge >= 0.3 is 6.18 Å².